The molecule has 0 spiro atoms. The molecule has 2 aromatic carbocycles. The molecule has 0 aliphatic carbocycles. The molecule has 3 rings (SSSR count). The molecular formula is C14H9Cl2FN2. The fourth-order valence-electron chi connectivity index (χ4n) is 1.96. The van der Waals surface area contributed by atoms with E-state index in [1.54, 1.807) is 18.2 Å². The summed E-state index contributed by atoms with van der Waals surface area (Å²) in [6, 6.07) is 9.92. The number of rotatable bonds is 2. The van der Waals surface area contributed by atoms with E-state index in [2.05, 4.69) is 9.97 Å². The summed E-state index contributed by atoms with van der Waals surface area (Å²) < 4.78 is 13.1. The van der Waals surface area contributed by atoms with Crippen LogP contribution in [-0.2, 0) is 6.42 Å². The second-order valence-corrected chi connectivity index (χ2v) is 5.08. The number of aromatic amines is 1. The topological polar surface area (TPSA) is 28.7 Å². The van der Waals surface area contributed by atoms with Crippen LogP contribution in [0.1, 0.15) is 11.4 Å². The third kappa shape index (κ3) is 2.57. The lowest BCUT2D eigenvalue weighted by Crippen LogP contribution is -1.90. The molecule has 0 bridgehead atoms. The molecule has 5 heteroatoms. The van der Waals surface area contributed by atoms with Gasteiger partial charge in [-0.3, -0.25) is 0 Å². The van der Waals surface area contributed by atoms with Crippen LogP contribution >= 0.6 is 23.2 Å². The van der Waals surface area contributed by atoms with Gasteiger partial charge in [-0.05, 0) is 35.9 Å². The van der Waals surface area contributed by atoms with Crippen LogP contribution in [0.3, 0.4) is 0 Å². The summed E-state index contributed by atoms with van der Waals surface area (Å²) >= 11 is 11.8. The number of hydrogen-bond donors (Lipinski definition) is 1. The molecule has 0 aliphatic rings. The Morgan fingerprint density at radius 1 is 1.05 bits per heavy atom. The lowest BCUT2D eigenvalue weighted by Gasteiger charge is -2.00. The normalized spacial score (nSPS) is 11.1. The van der Waals surface area contributed by atoms with Gasteiger partial charge in [-0.15, -0.1) is 0 Å². The fraction of sp³-hybridized carbons (Fsp3) is 0.0714. The molecule has 0 radical (unpaired) electrons. The molecule has 0 atom stereocenters. The van der Waals surface area contributed by atoms with E-state index in [4.69, 9.17) is 23.2 Å². The summed E-state index contributed by atoms with van der Waals surface area (Å²) in [7, 11) is 0. The van der Waals surface area contributed by atoms with Gasteiger partial charge in [0.2, 0.25) is 0 Å². The maximum Gasteiger partial charge on any atom is 0.125 e. The third-order valence-corrected chi connectivity index (χ3v) is 3.59. The number of H-pyrrole nitrogens is 1. The van der Waals surface area contributed by atoms with Crippen molar-refractivity contribution in [2.24, 2.45) is 0 Å². The van der Waals surface area contributed by atoms with Crippen molar-refractivity contribution < 1.29 is 4.39 Å². The molecule has 19 heavy (non-hydrogen) atoms. The Hall–Kier alpha value is -1.58. The summed E-state index contributed by atoms with van der Waals surface area (Å²) in [5, 5.41) is 1.04. The largest absolute Gasteiger partial charge is 0.342 e. The van der Waals surface area contributed by atoms with Crippen LogP contribution in [0, 0.1) is 5.82 Å². The summed E-state index contributed by atoms with van der Waals surface area (Å²) in [6.45, 7) is 0. The molecule has 1 aromatic heterocycles. The molecule has 2 nitrogen and oxygen atoms in total. The van der Waals surface area contributed by atoms with Crippen LogP contribution in [0.2, 0.25) is 10.0 Å². The fourth-order valence-corrected chi connectivity index (χ4v) is 2.28. The molecule has 0 saturated carbocycles. The highest BCUT2D eigenvalue weighted by atomic mass is 35.5. The molecule has 96 valence electrons. The van der Waals surface area contributed by atoms with Crippen LogP contribution < -0.4 is 0 Å². The number of halogens is 3. The summed E-state index contributed by atoms with van der Waals surface area (Å²) in [4.78, 5) is 7.49. The predicted molar refractivity (Wildman–Crippen MR) is 75.3 cm³/mol. The van der Waals surface area contributed by atoms with E-state index in [0.29, 0.717) is 22.0 Å². The summed E-state index contributed by atoms with van der Waals surface area (Å²) in [5.74, 6) is 0.483. The summed E-state index contributed by atoms with van der Waals surface area (Å²) in [5.41, 5.74) is 2.43. The van der Waals surface area contributed by atoms with Gasteiger partial charge in [-0.1, -0.05) is 29.3 Å². The van der Waals surface area contributed by atoms with Crippen molar-refractivity contribution in [1.82, 2.24) is 9.97 Å². The number of nitrogens with zero attached hydrogens (tertiary/aromatic N) is 1. The van der Waals surface area contributed by atoms with Crippen molar-refractivity contribution in [1.29, 1.82) is 0 Å². The molecule has 0 aliphatic heterocycles. The van der Waals surface area contributed by atoms with Gasteiger partial charge in [0.05, 0.1) is 21.1 Å². The zero-order valence-corrected chi connectivity index (χ0v) is 11.3. The zero-order chi connectivity index (χ0) is 13.4. The second-order valence-electron chi connectivity index (χ2n) is 4.27. The first-order chi connectivity index (χ1) is 9.11. The van der Waals surface area contributed by atoms with E-state index in [0.717, 1.165) is 16.9 Å². The highest BCUT2D eigenvalue weighted by molar-refractivity contribution is 6.42. The summed E-state index contributed by atoms with van der Waals surface area (Å²) in [6.07, 6.45) is 0.590. The Labute approximate surface area is 119 Å². The first-order valence-corrected chi connectivity index (χ1v) is 6.45. The minimum Gasteiger partial charge on any atom is -0.342 e. The van der Waals surface area contributed by atoms with Crippen molar-refractivity contribution >= 4 is 34.2 Å². The number of benzene rings is 2. The number of hydrogen-bond acceptors (Lipinski definition) is 1. The van der Waals surface area contributed by atoms with Crippen LogP contribution in [0.4, 0.5) is 4.39 Å². The first kappa shape index (κ1) is 12.5. The average molecular weight is 295 g/mol. The van der Waals surface area contributed by atoms with E-state index in [1.165, 1.54) is 12.1 Å². The minimum absolute atomic E-state index is 0.280. The minimum atomic E-state index is -0.280. The lowest BCUT2D eigenvalue weighted by molar-refractivity contribution is 0.629. The van der Waals surface area contributed by atoms with Crippen LogP contribution in [0.5, 0.6) is 0 Å². The van der Waals surface area contributed by atoms with Crippen LogP contribution in [0.25, 0.3) is 11.0 Å². The van der Waals surface area contributed by atoms with E-state index in [-0.39, 0.29) is 5.82 Å². The molecule has 1 N–H and O–H groups in total. The molecule has 1 heterocycles. The molecule has 3 aromatic rings. The average Bonchev–Trinajstić information content (AvgIpc) is 2.75. The third-order valence-electron chi connectivity index (χ3n) is 2.85. The van der Waals surface area contributed by atoms with Gasteiger partial charge < -0.3 is 4.98 Å². The molecule has 0 fully saturated rings. The molecule has 0 amide bonds. The van der Waals surface area contributed by atoms with Gasteiger partial charge >= 0.3 is 0 Å². The predicted octanol–water partition coefficient (Wildman–Crippen LogP) is 4.60. The Morgan fingerprint density at radius 2 is 1.89 bits per heavy atom. The lowest BCUT2D eigenvalue weighted by atomic mass is 10.1. The quantitative estimate of drug-likeness (QED) is 0.735. The number of nitrogens with one attached hydrogen (secondary N) is 1. The van der Waals surface area contributed by atoms with E-state index in [9.17, 15) is 4.39 Å². The van der Waals surface area contributed by atoms with Crippen molar-refractivity contribution in [3.8, 4) is 0 Å². The molecule has 0 unspecified atom stereocenters. The van der Waals surface area contributed by atoms with Gasteiger partial charge in [0.15, 0.2) is 0 Å². The van der Waals surface area contributed by atoms with Gasteiger partial charge in [0, 0.05) is 6.42 Å². The van der Waals surface area contributed by atoms with Gasteiger partial charge in [0.25, 0.3) is 0 Å². The van der Waals surface area contributed by atoms with E-state index < -0.39 is 0 Å². The van der Waals surface area contributed by atoms with Crippen LogP contribution in [0.15, 0.2) is 36.4 Å². The smallest absolute Gasteiger partial charge is 0.125 e. The molecule has 0 saturated heterocycles. The number of fused-ring (bicyclic) bond motifs is 1. The second kappa shape index (κ2) is 4.83. The SMILES string of the molecule is Fc1ccc2nc(Cc3ccc(Cl)c(Cl)c3)[nH]c2c1. The van der Waals surface area contributed by atoms with Crippen molar-refractivity contribution in [3.63, 3.8) is 0 Å². The maximum absolute atomic E-state index is 13.1. The Balaban J connectivity index is 1.94. The Morgan fingerprint density at radius 3 is 2.68 bits per heavy atom. The first-order valence-electron chi connectivity index (χ1n) is 5.70. The Kier molecular flexibility index (Phi) is 3.17. The van der Waals surface area contributed by atoms with Crippen molar-refractivity contribution in [2.75, 3.05) is 0 Å². The number of aromatic nitrogens is 2. The molecular weight excluding hydrogens is 286 g/mol. The monoisotopic (exact) mass is 294 g/mol. The van der Waals surface area contributed by atoms with Gasteiger partial charge in [0.1, 0.15) is 11.6 Å². The highest BCUT2D eigenvalue weighted by Crippen LogP contribution is 2.24. The Bertz CT molecular complexity index is 752. The highest BCUT2D eigenvalue weighted by Gasteiger charge is 2.06. The van der Waals surface area contributed by atoms with E-state index in [1.807, 2.05) is 6.07 Å². The van der Waals surface area contributed by atoms with Crippen LogP contribution in [-0.4, -0.2) is 9.97 Å². The van der Waals surface area contributed by atoms with Crippen molar-refractivity contribution in [2.45, 2.75) is 6.42 Å². The zero-order valence-electron chi connectivity index (χ0n) is 9.75. The number of imidazole rings is 1. The maximum atomic E-state index is 13.1. The van der Waals surface area contributed by atoms with E-state index >= 15 is 0 Å². The van der Waals surface area contributed by atoms with Gasteiger partial charge in [-0.25, -0.2) is 9.37 Å². The standard InChI is InChI=1S/C14H9Cl2FN2/c15-10-3-1-8(5-11(10)16)6-14-18-12-4-2-9(17)7-13(12)19-14/h1-5,7H,6H2,(H,18,19). The van der Waals surface area contributed by atoms with Crippen molar-refractivity contribution in [3.05, 3.63) is 63.6 Å². The van der Waals surface area contributed by atoms with Gasteiger partial charge in [-0.2, -0.15) is 0 Å².